The number of thiocarbonyl (C=S) groups is 1. The quantitative estimate of drug-likeness (QED) is 0.408. The predicted molar refractivity (Wildman–Crippen MR) is 115 cm³/mol. The number of hydrogen-bond acceptors (Lipinski definition) is 7. The Hall–Kier alpha value is -2.81. The molecule has 0 saturated heterocycles. The lowest BCUT2D eigenvalue weighted by atomic mass is 9.94. The van der Waals surface area contributed by atoms with Crippen LogP contribution in [0, 0.1) is 0 Å². The fourth-order valence-electron chi connectivity index (χ4n) is 3.09. The largest absolute Gasteiger partial charge is 0.493 e. The molecular weight excluding hydrogens is 394 g/mol. The summed E-state index contributed by atoms with van der Waals surface area (Å²) in [5.41, 5.74) is 2.47. The third kappa shape index (κ3) is 4.61. The van der Waals surface area contributed by atoms with E-state index in [9.17, 15) is 4.79 Å². The molecule has 1 aliphatic heterocycles. The minimum Gasteiger partial charge on any atom is -0.493 e. The molecule has 0 amide bonds. The number of allylic oxidation sites excluding steroid dienone is 1. The first-order chi connectivity index (χ1) is 13.8. The Labute approximate surface area is 176 Å². The van der Waals surface area contributed by atoms with Crippen LogP contribution in [0.15, 0.2) is 28.5 Å². The maximum absolute atomic E-state index is 12.8. The number of benzene rings is 1. The van der Waals surface area contributed by atoms with Crippen molar-refractivity contribution in [2.75, 3.05) is 27.9 Å². The summed E-state index contributed by atoms with van der Waals surface area (Å²) in [4.78, 5) is 12.8. The Morgan fingerprint density at radius 3 is 2.21 bits per heavy atom. The van der Waals surface area contributed by atoms with E-state index in [2.05, 4.69) is 10.4 Å². The van der Waals surface area contributed by atoms with E-state index < -0.39 is 12.0 Å². The van der Waals surface area contributed by atoms with Crippen LogP contribution in [0.5, 0.6) is 17.2 Å². The molecule has 9 heteroatoms. The topological polar surface area (TPSA) is 81.6 Å². The zero-order chi connectivity index (χ0) is 21.7. The van der Waals surface area contributed by atoms with Gasteiger partial charge in [-0.3, -0.25) is 0 Å². The normalized spacial score (nSPS) is 16.2. The Kier molecular flexibility index (Phi) is 7.44. The molecule has 2 rings (SSSR count). The van der Waals surface area contributed by atoms with Crippen LogP contribution in [-0.4, -0.2) is 49.7 Å². The molecule has 8 nitrogen and oxygen atoms in total. The molecular formula is C20H27N3O5S. The predicted octanol–water partition coefficient (Wildman–Crippen LogP) is 3.18. The molecule has 1 aromatic carbocycles. The van der Waals surface area contributed by atoms with E-state index in [0.717, 1.165) is 5.71 Å². The van der Waals surface area contributed by atoms with Crippen LogP contribution in [0.2, 0.25) is 0 Å². The van der Waals surface area contributed by atoms with E-state index in [4.69, 9.17) is 31.2 Å². The standard InChI is InChI=1S/C20H27N3O5S/c1-8-28-19(24)16-12(4)21-20(29)23(22-11(2)3)17(16)13-9-14(25-5)18(27-7)15(10-13)26-6/h9-10,17H,8H2,1-7H3,(H,21,29). The molecule has 158 valence electrons. The van der Waals surface area contributed by atoms with Crippen LogP contribution in [0.1, 0.15) is 39.3 Å². The van der Waals surface area contributed by atoms with Crippen molar-refractivity contribution in [1.82, 2.24) is 10.3 Å². The highest BCUT2D eigenvalue weighted by molar-refractivity contribution is 7.80. The van der Waals surface area contributed by atoms with Gasteiger partial charge in [-0.05, 0) is 57.6 Å². The number of nitrogens with zero attached hydrogens (tertiary/aromatic N) is 2. The highest BCUT2D eigenvalue weighted by atomic mass is 32.1. The summed E-state index contributed by atoms with van der Waals surface area (Å²) in [6.07, 6.45) is 0. The van der Waals surface area contributed by atoms with Crippen molar-refractivity contribution < 1.29 is 23.7 Å². The Bertz CT molecular complexity index is 837. The first-order valence-corrected chi connectivity index (χ1v) is 9.49. The second-order valence-corrected chi connectivity index (χ2v) is 6.83. The van der Waals surface area contributed by atoms with Crippen molar-refractivity contribution in [1.29, 1.82) is 0 Å². The zero-order valence-electron chi connectivity index (χ0n) is 17.8. The number of hydrazone groups is 1. The van der Waals surface area contributed by atoms with Gasteiger partial charge in [0.25, 0.3) is 0 Å². The number of rotatable bonds is 7. The first kappa shape index (κ1) is 22.5. The molecule has 0 radical (unpaired) electrons. The SMILES string of the molecule is CCOC(=O)C1=C(C)NC(=S)N(N=C(C)C)C1c1cc(OC)c(OC)c(OC)c1. The van der Waals surface area contributed by atoms with Crippen LogP contribution >= 0.6 is 12.2 Å². The van der Waals surface area contributed by atoms with Crippen molar-refractivity contribution in [3.05, 3.63) is 29.0 Å². The molecule has 1 atom stereocenters. The third-order valence-electron chi connectivity index (χ3n) is 4.23. The van der Waals surface area contributed by atoms with Crippen molar-refractivity contribution >= 4 is 29.0 Å². The third-order valence-corrected chi connectivity index (χ3v) is 4.52. The van der Waals surface area contributed by atoms with Gasteiger partial charge in [-0.15, -0.1) is 0 Å². The van der Waals surface area contributed by atoms with Crippen LogP contribution in [-0.2, 0) is 9.53 Å². The lowest BCUT2D eigenvalue weighted by Crippen LogP contribution is -2.46. The van der Waals surface area contributed by atoms with Crippen LogP contribution in [0.25, 0.3) is 0 Å². The summed E-state index contributed by atoms with van der Waals surface area (Å²) >= 11 is 5.51. The molecule has 0 aromatic heterocycles. The van der Waals surface area contributed by atoms with Gasteiger partial charge in [0.2, 0.25) is 5.75 Å². The monoisotopic (exact) mass is 421 g/mol. The Balaban J connectivity index is 2.79. The van der Waals surface area contributed by atoms with Gasteiger partial charge in [0.15, 0.2) is 16.6 Å². The van der Waals surface area contributed by atoms with Gasteiger partial charge in [0.1, 0.15) is 6.04 Å². The molecule has 0 spiro atoms. The molecule has 0 bridgehead atoms. The van der Waals surface area contributed by atoms with Gasteiger partial charge >= 0.3 is 5.97 Å². The van der Waals surface area contributed by atoms with Crippen molar-refractivity contribution in [2.24, 2.45) is 5.10 Å². The fraction of sp³-hybridized carbons (Fsp3) is 0.450. The van der Waals surface area contributed by atoms with E-state index in [-0.39, 0.29) is 6.61 Å². The van der Waals surface area contributed by atoms with Crippen LogP contribution in [0.3, 0.4) is 0 Å². The average molecular weight is 422 g/mol. The molecule has 29 heavy (non-hydrogen) atoms. The summed E-state index contributed by atoms with van der Waals surface area (Å²) in [5.74, 6) is 0.928. The van der Waals surface area contributed by atoms with Crippen molar-refractivity contribution in [3.63, 3.8) is 0 Å². The molecule has 1 aromatic rings. The van der Waals surface area contributed by atoms with Crippen molar-refractivity contribution in [3.8, 4) is 17.2 Å². The van der Waals surface area contributed by atoms with E-state index in [1.807, 2.05) is 13.8 Å². The maximum Gasteiger partial charge on any atom is 0.338 e. The fourth-order valence-corrected chi connectivity index (χ4v) is 3.39. The highest BCUT2D eigenvalue weighted by Crippen LogP contribution is 2.43. The number of carbonyl (C=O) groups is 1. The minimum absolute atomic E-state index is 0.248. The Morgan fingerprint density at radius 2 is 1.76 bits per heavy atom. The van der Waals surface area contributed by atoms with Gasteiger partial charge in [-0.25, -0.2) is 9.80 Å². The average Bonchev–Trinajstić information content (AvgIpc) is 2.68. The van der Waals surface area contributed by atoms with Gasteiger partial charge in [0, 0.05) is 11.4 Å². The number of hydrogen-bond donors (Lipinski definition) is 1. The van der Waals surface area contributed by atoms with Gasteiger partial charge in [-0.2, -0.15) is 5.10 Å². The molecule has 0 aliphatic carbocycles. The molecule has 0 fully saturated rings. The van der Waals surface area contributed by atoms with E-state index in [0.29, 0.717) is 39.2 Å². The molecule has 1 N–H and O–H groups in total. The summed E-state index contributed by atoms with van der Waals surface area (Å²) in [6, 6.07) is 2.92. The van der Waals surface area contributed by atoms with Gasteiger partial charge in [-0.1, -0.05) is 0 Å². The highest BCUT2D eigenvalue weighted by Gasteiger charge is 2.38. The molecule has 0 saturated carbocycles. The molecule has 1 aliphatic rings. The summed E-state index contributed by atoms with van der Waals surface area (Å²) in [5, 5.41) is 9.55. The van der Waals surface area contributed by atoms with Gasteiger partial charge < -0.3 is 24.3 Å². The maximum atomic E-state index is 12.8. The summed E-state index contributed by atoms with van der Waals surface area (Å²) in [7, 11) is 4.60. The van der Waals surface area contributed by atoms with Gasteiger partial charge in [0.05, 0.1) is 33.5 Å². The number of esters is 1. The number of carbonyl (C=O) groups excluding carboxylic acids is 1. The van der Waals surface area contributed by atoms with Crippen LogP contribution in [0.4, 0.5) is 0 Å². The van der Waals surface area contributed by atoms with E-state index >= 15 is 0 Å². The van der Waals surface area contributed by atoms with Crippen molar-refractivity contribution in [2.45, 2.75) is 33.7 Å². The smallest absolute Gasteiger partial charge is 0.338 e. The van der Waals surface area contributed by atoms with E-state index in [1.165, 1.54) is 21.3 Å². The number of ether oxygens (including phenoxy) is 4. The summed E-state index contributed by atoms with van der Waals surface area (Å²) < 4.78 is 21.7. The zero-order valence-corrected chi connectivity index (χ0v) is 18.6. The molecule has 1 unspecified atom stereocenters. The first-order valence-electron chi connectivity index (χ1n) is 9.08. The Morgan fingerprint density at radius 1 is 1.17 bits per heavy atom. The summed E-state index contributed by atoms with van der Waals surface area (Å²) in [6.45, 7) is 7.49. The second-order valence-electron chi connectivity index (χ2n) is 6.44. The molecule has 1 heterocycles. The lowest BCUT2D eigenvalue weighted by molar-refractivity contribution is -0.139. The van der Waals surface area contributed by atoms with E-state index in [1.54, 1.807) is 31.0 Å². The number of nitrogens with one attached hydrogen (secondary N) is 1. The minimum atomic E-state index is -0.633. The second kappa shape index (κ2) is 9.60. The van der Waals surface area contributed by atoms with Crippen LogP contribution < -0.4 is 19.5 Å². The lowest BCUT2D eigenvalue weighted by Gasteiger charge is -2.37. The number of methoxy groups -OCH3 is 3.